The predicted octanol–water partition coefficient (Wildman–Crippen LogP) is -0.662. The summed E-state index contributed by atoms with van der Waals surface area (Å²) in [6.07, 6.45) is 4.33. The van der Waals surface area contributed by atoms with E-state index in [1.165, 1.54) is 23.6 Å². The molecular formula is C9H10N10O. The Kier molecular flexibility index (Phi) is 3.16. The topological polar surface area (TPSA) is 145 Å². The van der Waals surface area contributed by atoms with Gasteiger partial charge in [-0.1, -0.05) is 5.16 Å². The molecular weight excluding hydrogens is 264 g/mol. The molecule has 0 saturated carbocycles. The number of hydrogen-bond acceptors (Lipinski definition) is 10. The Bertz CT molecular complexity index is 664. The van der Waals surface area contributed by atoms with Gasteiger partial charge in [0.1, 0.15) is 24.6 Å². The van der Waals surface area contributed by atoms with Gasteiger partial charge in [0.25, 0.3) is 5.95 Å². The van der Waals surface area contributed by atoms with Crippen LogP contribution in [0.25, 0.3) is 5.95 Å². The molecule has 0 atom stereocenters. The third kappa shape index (κ3) is 2.51. The first-order valence-electron chi connectivity index (χ1n) is 5.56. The van der Waals surface area contributed by atoms with Crippen LogP contribution in [0.3, 0.4) is 0 Å². The summed E-state index contributed by atoms with van der Waals surface area (Å²) in [6.45, 7) is 0.404. The van der Waals surface area contributed by atoms with Gasteiger partial charge in [0.15, 0.2) is 0 Å². The van der Waals surface area contributed by atoms with E-state index in [-0.39, 0.29) is 11.9 Å². The fourth-order valence-corrected chi connectivity index (χ4v) is 1.42. The van der Waals surface area contributed by atoms with Crippen molar-refractivity contribution in [3.63, 3.8) is 0 Å². The minimum Gasteiger partial charge on any atom is -0.364 e. The molecule has 0 aliphatic heterocycles. The smallest absolute Gasteiger partial charge is 0.258 e. The second kappa shape index (κ2) is 5.27. The highest BCUT2D eigenvalue weighted by Crippen LogP contribution is 2.08. The molecule has 4 N–H and O–H groups in total. The van der Waals surface area contributed by atoms with E-state index < -0.39 is 0 Å². The fourth-order valence-electron chi connectivity index (χ4n) is 1.42. The molecule has 0 aliphatic rings. The van der Waals surface area contributed by atoms with Crippen LogP contribution >= 0.6 is 0 Å². The molecule has 0 unspecified atom stereocenters. The Hall–Kier alpha value is -3.08. The lowest BCUT2D eigenvalue weighted by Gasteiger charge is -2.06. The molecule has 20 heavy (non-hydrogen) atoms. The maximum atomic E-state index is 5.33. The van der Waals surface area contributed by atoms with Crippen molar-refractivity contribution in [1.82, 2.24) is 34.9 Å². The van der Waals surface area contributed by atoms with E-state index in [1.54, 1.807) is 6.07 Å². The first-order chi connectivity index (χ1) is 9.85. The highest BCUT2D eigenvalue weighted by molar-refractivity contribution is 5.37. The van der Waals surface area contributed by atoms with E-state index >= 15 is 0 Å². The van der Waals surface area contributed by atoms with Crippen LogP contribution in [0, 0.1) is 0 Å². The highest BCUT2D eigenvalue weighted by Gasteiger charge is 2.08. The Morgan fingerprint density at radius 1 is 1.25 bits per heavy atom. The van der Waals surface area contributed by atoms with Gasteiger partial charge in [0, 0.05) is 6.07 Å². The molecule has 0 aliphatic carbocycles. The largest absolute Gasteiger partial charge is 0.364 e. The van der Waals surface area contributed by atoms with Crippen molar-refractivity contribution in [3.05, 3.63) is 30.7 Å². The average molecular weight is 274 g/mol. The molecule has 102 valence electrons. The molecule has 0 bridgehead atoms. The summed E-state index contributed by atoms with van der Waals surface area (Å²) in [7, 11) is 0. The summed E-state index contributed by atoms with van der Waals surface area (Å²) in [5.74, 6) is 6.14. The van der Waals surface area contributed by atoms with Crippen LogP contribution in [0.15, 0.2) is 29.5 Å². The number of nitrogens with one attached hydrogen (secondary N) is 2. The Labute approximate surface area is 112 Å². The summed E-state index contributed by atoms with van der Waals surface area (Å²) in [6, 6.07) is 1.73. The maximum absolute atomic E-state index is 5.33. The first kappa shape index (κ1) is 12.0. The van der Waals surface area contributed by atoms with E-state index in [0.717, 1.165) is 5.69 Å². The number of hydrogen-bond donors (Lipinski definition) is 3. The number of hydrazine groups is 1. The molecule has 3 heterocycles. The number of nitrogens with two attached hydrogens (primary N) is 1. The lowest BCUT2D eigenvalue weighted by Crippen LogP contribution is -2.16. The van der Waals surface area contributed by atoms with Crippen LogP contribution in [0.1, 0.15) is 5.69 Å². The highest BCUT2D eigenvalue weighted by atomic mass is 16.5. The summed E-state index contributed by atoms with van der Waals surface area (Å²) >= 11 is 0. The van der Waals surface area contributed by atoms with Crippen LogP contribution in [0.2, 0.25) is 0 Å². The van der Waals surface area contributed by atoms with Crippen molar-refractivity contribution >= 4 is 11.9 Å². The Balaban J connectivity index is 1.84. The second-order valence-electron chi connectivity index (χ2n) is 3.61. The van der Waals surface area contributed by atoms with Gasteiger partial charge in [-0.05, 0) is 0 Å². The SMILES string of the molecule is NNc1nc(NCc2ccon2)nc(-n2cncn2)n1. The van der Waals surface area contributed by atoms with Crippen LogP contribution in [-0.4, -0.2) is 34.9 Å². The zero-order valence-electron chi connectivity index (χ0n) is 10.1. The maximum Gasteiger partial charge on any atom is 0.258 e. The van der Waals surface area contributed by atoms with Gasteiger partial charge in [-0.25, -0.2) is 10.8 Å². The van der Waals surface area contributed by atoms with E-state index in [0.29, 0.717) is 12.5 Å². The Morgan fingerprint density at radius 3 is 2.85 bits per heavy atom. The van der Waals surface area contributed by atoms with Gasteiger partial charge in [-0.3, -0.25) is 5.43 Å². The summed E-state index contributed by atoms with van der Waals surface area (Å²) in [5, 5.41) is 10.7. The van der Waals surface area contributed by atoms with Crippen LogP contribution in [0.5, 0.6) is 0 Å². The molecule has 0 saturated heterocycles. The predicted molar refractivity (Wildman–Crippen MR) is 66.4 cm³/mol. The van der Waals surface area contributed by atoms with Gasteiger partial charge in [-0.15, -0.1) is 0 Å². The van der Waals surface area contributed by atoms with Crippen molar-refractivity contribution in [3.8, 4) is 5.95 Å². The van der Waals surface area contributed by atoms with Crippen LogP contribution in [-0.2, 0) is 6.54 Å². The van der Waals surface area contributed by atoms with Crippen molar-refractivity contribution in [2.24, 2.45) is 5.84 Å². The first-order valence-corrected chi connectivity index (χ1v) is 5.56. The van der Waals surface area contributed by atoms with Crippen molar-refractivity contribution < 1.29 is 4.52 Å². The van der Waals surface area contributed by atoms with Crippen molar-refractivity contribution in [2.75, 3.05) is 10.7 Å². The number of nitrogen functional groups attached to an aromatic ring is 1. The zero-order valence-corrected chi connectivity index (χ0v) is 10.1. The molecule has 0 spiro atoms. The minimum absolute atomic E-state index is 0.202. The average Bonchev–Trinajstić information content (AvgIpc) is 3.17. The van der Waals surface area contributed by atoms with E-state index in [9.17, 15) is 0 Å². The van der Waals surface area contributed by atoms with E-state index in [2.05, 4.69) is 40.9 Å². The van der Waals surface area contributed by atoms with Gasteiger partial charge >= 0.3 is 0 Å². The normalized spacial score (nSPS) is 10.4. The van der Waals surface area contributed by atoms with Crippen molar-refractivity contribution in [1.29, 1.82) is 0 Å². The van der Waals surface area contributed by atoms with Crippen LogP contribution in [0.4, 0.5) is 11.9 Å². The zero-order chi connectivity index (χ0) is 13.8. The molecule has 0 radical (unpaired) electrons. The lowest BCUT2D eigenvalue weighted by atomic mass is 10.4. The molecule has 3 rings (SSSR count). The number of anilines is 2. The summed E-state index contributed by atoms with van der Waals surface area (Å²) in [5.41, 5.74) is 3.08. The van der Waals surface area contributed by atoms with Gasteiger partial charge in [0.05, 0.1) is 6.54 Å². The minimum atomic E-state index is 0.202. The Morgan fingerprint density at radius 2 is 2.15 bits per heavy atom. The number of rotatable bonds is 5. The standard InChI is InChI=1S/C9H10N10O/c10-17-8-14-7(12-3-6-1-2-20-18-6)15-9(16-8)19-5-11-4-13-19/h1-2,4-5H,3,10H2,(H2,12,14,15,16,17). The monoisotopic (exact) mass is 274 g/mol. The van der Waals surface area contributed by atoms with Gasteiger partial charge < -0.3 is 9.84 Å². The summed E-state index contributed by atoms with van der Waals surface area (Å²) in [4.78, 5) is 16.2. The molecule has 3 aromatic rings. The number of nitrogens with zero attached hydrogens (tertiary/aromatic N) is 7. The molecule has 0 amide bonds. The molecule has 11 nitrogen and oxygen atoms in total. The summed E-state index contributed by atoms with van der Waals surface area (Å²) < 4.78 is 6.13. The third-order valence-electron chi connectivity index (χ3n) is 2.30. The van der Waals surface area contributed by atoms with Gasteiger partial charge in [-0.2, -0.15) is 24.7 Å². The number of aromatic nitrogens is 7. The third-order valence-corrected chi connectivity index (χ3v) is 2.30. The van der Waals surface area contributed by atoms with E-state index in [4.69, 9.17) is 10.4 Å². The van der Waals surface area contributed by atoms with Crippen molar-refractivity contribution in [2.45, 2.75) is 6.54 Å². The second-order valence-corrected chi connectivity index (χ2v) is 3.61. The van der Waals surface area contributed by atoms with Gasteiger partial charge in [0.2, 0.25) is 11.9 Å². The van der Waals surface area contributed by atoms with Crippen LogP contribution < -0.4 is 16.6 Å². The molecule has 3 aromatic heterocycles. The molecule has 0 aromatic carbocycles. The fraction of sp³-hybridized carbons (Fsp3) is 0.111. The molecule has 11 heteroatoms. The molecule has 0 fully saturated rings. The lowest BCUT2D eigenvalue weighted by molar-refractivity contribution is 0.412. The van der Waals surface area contributed by atoms with E-state index in [1.807, 2.05) is 0 Å². The quantitative estimate of drug-likeness (QED) is 0.404.